The lowest BCUT2D eigenvalue weighted by Gasteiger charge is -2.09. The second-order valence-corrected chi connectivity index (χ2v) is 7.48. The summed E-state index contributed by atoms with van der Waals surface area (Å²) in [4.78, 5) is 30.3. The highest BCUT2D eigenvalue weighted by atomic mass is 35.5. The molecule has 164 valence electrons. The van der Waals surface area contributed by atoms with E-state index in [9.17, 15) is 14.0 Å². The highest BCUT2D eigenvalue weighted by Gasteiger charge is 2.24. The summed E-state index contributed by atoms with van der Waals surface area (Å²) >= 11 is 6.25. The van der Waals surface area contributed by atoms with E-state index >= 15 is 0 Å². The fourth-order valence-corrected chi connectivity index (χ4v) is 3.63. The molecule has 1 amide bonds. The van der Waals surface area contributed by atoms with Gasteiger partial charge in [-0.15, -0.1) is 0 Å². The van der Waals surface area contributed by atoms with E-state index in [1.165, 1.54) is 41.5 Å². The number of aromatic nitrogens is 5. The van der Waals surface area contributed by atoms with Gasteiger partial charge in [-0.25, -0.2) is 18.7 Å². The molecule has 9 nitrogen and oxygen atoms in total. The summed E-state index contributed by atoms with van der Waals surface area (Å²) < 4.78 is 20.8. The van der Waals surface area contributed by atoms with E-state index in [2.05, 4.69) is 20.7 Å². The fraction of sp³-hybridized carbons (Fsp3) is 0.0455. The Balaban J connectivity index is 1.51. The molecule has 0 aliphatic rings. The highest BCUT2D eigenvalue weighted by molar-refractivity contribution is 6.33. The van der Waals surface area contributed by atoms with Crippen LogP contribution in [0.3, 0.4) is 0 Å². The maximum atomic E-state index is 13.2. The van der Waals surface area contributed by atoms with Gasteiger partial charge in [0.05, 0.1) is 16.9 Å². The largest absolute Gasteiger partial charge is 0.360 e. The smallest absolute Gasteiger partial charge is 0.283 e. The molecule has 0 spiro atoms. The topological polar surface area (TPSA) is 108 Å². The molecule has 0 unspecified atom stereocenters. The fourth-order valence-electron chi connectivity index (χ4n) is 3.40. The molecule has 5 rings (SSSR count). The first-order valence-electron chi connectivity index (χ1n) is 9.68. The third-order valence-corrected chi connectivity index (χ3v) is 5.33. The van der Waals surface area contributed by atoms with Gasteiger partial charge in [0.1, 0.15) is 34.5 Å². The van der Waals surface area contributed by atoms with Gasteiger partial charge in [0, 0.05) is 5.56 Å². The van der Waals surface area contributed by atoms with Gasteiger partial charge in [0.2, 0.25) is 0 Å². The Bertz CT molecular complexity index is 1570. The molecule has 0 bridgehead atoms. The minimum Gasteiger partial charge on any atom is -0.360 e. The van der Waals surface area contributed by atoms with Gasteiger partial charge in [-0.1, -0.05) is 35.0 Å². The van der Waals surface area contributed by atoms with Gasteiger partial charge < -0.3 is 4.52 Å². The van der Waals surface area contributed by atoms with E-state index in [1.54, 1.807) is 31.2 Å². The average Bonchev–Trinajstić information content (AvgIpc) is 3.41. The maximum Gasteiger partial charge on any atom is 0.283 e. The molecule has 0 atom stereocenters. The first-order valence-corrected chi connectivity index (χ1v) is 10.1. The van der Waals surface area contributed by atoms with Crippen molar-refractivity contribution in [2.45, 2.75) is 6.92 Å². The van der Waals surface area contributed by atoms with Crippen LogP contribution in [0, 0.1) is 12.7 Å². The van der Waals surface area contributed by atoms with Crippen molar-refractivity contribution >= 4 is 28.5 Å². The maximum absolute atomic E-state index is 13.2. The molecular weight excluding hydrogens is 451 g/mol. The molecule has 2 aromatic carbocycles. The monoisotopic (exact) mass is 464 g/mol. The Kier molecular flexibility index (Phi) is 4.98. The Hall–Kier alpha value is -4.31. The Morgan fingerprint density at radius 1 is 1.15 bits per heavy atom. The van der Waals surface area contributed by atoms with Crippen molar-refractivity contribution in [1.29, 1.82) is 0 Å². The zero-order valence-electron chi connectivity index (χ0n) is 17.0. The summed E-state index contributed by atoms with van der Waals surface area (Å²) in [5, 5.41) is 8.69. The number of hydrogen-bond donors (Lipinski definition) is 1. The third kappa shape index (κ3) is 3.56. The SMILES string of the molecule is Cc1onc(-c2ccccc2Cl)c1C(=O)Nn1cnc2c(cnn2-c2ccc(F)cc2)c1=O. The molecule has 0 fully saturated rings. The standard InChI is InChI=1S/C22H14ClFN6O3/c1-12-18(19(28-33-12)15-4-2-3-5-17(15)23)21(31)27-29-11-25-20-16(22(29)32)10-26-30(20)14-8-6-13(24)7-9-14/h2-11H,1H3,(H,27,31). The average molecular weight is 465 g/mol. The summed E-state index contributed by atoms with van der Waals surface area (Å²) in [7, 11) is 0. The second kappa shape index (κ2) is 7.99. The van der Waals surface area contributed by atoms with Crippen LogP contribution in [0.5, 0.6) is 0 Å². The van der Waals surface area contributed by atoms with Crippen LogP contribution in [0.1, 0.15) is 16.1 Å². The minimum absolute atomic E-state index is 0.136. The van der Waals surface area contributed by atoms with Gasteiger partial charge in [0.25, 0.3) is 11.5 Å². The zero-order chi connectivity index (χ0) is 23.1. The van der Waals surface area contributed by atoms with E-state index < -0.39 is 17.3 Å². The molecule has 1 N–H and O–H groups in total. The molecule has 0 saturated heterocycles. The van der Waals surface area contributed by atoms with Crippen molar-refractivity contribution in [3.8, 4) is 16.9 Å². The summed E-state index contributed by atoms with van der Waals surface area (Å²) in [6.45, 7) is 1.58. The third-order valence-electron chi connectivity index (χ3n) is 5.00. The summed E-state index contributed by atoms with van der Waals surface area (Å²) in [6.07, 6.45) is 2.50. The van der Waals surface area contributed by atoms with Crippen molar-refractivity contribution in [2.75, 3.05) is 5.43 Å². The number of carbonyl (C=O) groups excluding carboxylic acids is 1. The van der Waals surface area contributed by atoms with Crippen molar-refractivity contribution < 1.29 is 13.7 Å². The van der Waals surface area contributed by atoms with E-state index in [4.69, 9.17) is 16.1 Å². The quantitative estimate of drug-likeness (QED) is 0.434. The number of halogens is 2. The summed E-state index contributed by atoms with van der Waals surface area (Å²) in [6, 6.07) is 12.5. The first kappa shape index (κ1) is 20.6. The van der Waals surface area contributed by atoms with Crippen LogP contribution in [-0.4, -0.2) is 30.5 Å². The Morgan fingerprint density at radius 3 is 2.67 bits per heavy atom. The number of nitrogens with zero attached hydrogens (tertiary/aromatic N) is 5. The van der Waals surface area contributed by atoms with Gasteiger partial charge in [-0.2, -0.15) is 5.10 Å². The second-order valence-electron chi connectivity index (χ2n) is 7.07. The number of carbonyl (C=O) groups is 1. The Labute approximate surface area is 190 Å². The minimum atomic E-state index is -0.627. The van der Waals surface area contributed by atoms with Crippen LogP contribution in [0.15, 0.2) is 70.4 Å². The van der Waals surface area contributed by atoms with Crippen LogP contribution in [0.2, 0.25) is 5.02 Å². The van der Waals surface area contributed by atoms with E-state index in [0.717, 1.165) is 4.68 Å². The molecule has 0 aliphatic heterocycles. The molecule has 0 radical (unpaired) electrons. The summed E-state index contributed by atoms with van der Waals surface area (Å²) in [5.74, 6) is -0.764. The molecule has 3 aromatic heterocycles. The van der Waals surface area contributed by atoms with Gasteiger partial charge in [0.15, 0.2) is 5.65 Å². The highest BCUT2D eigenvalue weighted by Crippen LogP contribution is 2.31. The lowest BCUT2D eigenvalue weighted by atomic mass is 10.1. The van der Waals surface area contributed by atoms with Crippen LogP contribution in [-0.2, 0) is 0 Å². The molecule has 0 aliphatic carbocycles. The van der Waals surface area contributed by atoms with Crippen LogP contribution >= 0.6 is 11.6 Å². The molecule has 33 heavy (non-hydrogen) atoms. The lowest BCUT2D eigenvalue weighted by molar-refractivity contribution is 0.101. The number of nitrogens with one attached hydrogen (secondary N) is 1. The van der Waals surface area contributed by atoms with E-state index in [-0.39, 0.29) is 28.1 Å². The first-order chi connectivity index (χ1) is 15.9. The van der Waals surface area contributed by atoms with Crippen LogP contribution < -0.4 is 11.0 Å². The number of amides is 1. The van der Waals surface area contributed by atoms with E-state index in [1.807, 2.05) is 0 Å². The van der Waals surface area contributed by atoms with Crippen molar-refractivity contribution in [1.82, 2.24) is 24.6 Å². The van der Waals surface area contributed by atoms with Gasteiger partial charge in [-0.05, 0) is 37.3 Å². The number of hydrogen-bond acceptors (Lipinski definition) is 6. The Morgan fingerprint density at radius 2 is 1.91 bits per heavy atom. The molecule has 3 heterocycles. The van der Waals surface area contributed by atoms with E-state index in [0.29, 0.717) is 16.3 Å². The predicted octanol–water partition coefficient (Wildman–Crippen LogP) is 3.72. The molecular formula is C22H14ClFN6O3. The van der Waals surface area contributed by atoms with Crippen LogP contribution in [0.25, 0.3) is 28.0 Å². The lowest BCUT2D eigenvalue weighted by Crippen LogP contribution is -2.33. The zero-order valence-corrected chi connectivity index (χ0v) is 17.7. The number of rotatable bonds is 4. The summed E-state index contributed by atoms with van der Waals surface area (Å²) in [5.41, 5.74) is 3.65. The normalized spacial score (nSPS) is 11.1. The molecule has 11 heteroatoms. The number of aryl methyl sites for hydroxylation is 1. The van der Waals surface area contributed by atoms with Crippen molar-refractivity contribution in [3.63, 3.8) is 0 Å². The number of benzene rings is 2. The van der Waals surface area contributed by atoms with Gasteiger partial charge in [-0.3, -0.25) is 15.0 Å². The molecule has 5 aromatic rings. The molecule has 0 saturated carbocycles. The van der Waals surface area contributed by atoms with Crippen LogP contribution in [0.4, 0.5) is 4.39 Å². The van der Waals surface area contributed by atoms with Crippen molar-refractivity contribution in [3.05, 3.63) is 93.6 Å². The number of fused-ring (bicyclic) bond motifs is 1. The van der Waals surface area contributed by atoms with Crippen molar-refractivity contribution in [2.24, 2.45) is 0 Å². The van der Waals surface area contributed by atoms with Gasteiger partial charge >= 0.3 is 0 Å². The predicted molar refractivity (Wildman–Crippen MR) is 118 cm³/mol.